The fourth-order valence-electron chi connectivity index (χ4n) is 2.45. The van der Waals surface area contributed by atoms with Crippen LogP contribution in [0.5, 0.6) is 0 Å². The van der Waals surface area contributed by atoms with Crippen molar-refractivity contribution in [2.75, 3.05) is 5.32 Å². The maximum atomic E-state index is 12.3. The number of hydrogen-bond acceptors (Lipinski definition) is 4. The van der Waals surface area contributed by atoms with Crippen LogP contribution in [0.25, 0.3) is 0 Å². The van der Waals surface area contributed by atoms with Crippen LogP contribution in [0.15, 0.2) is 29.2 Å². The number of carbonyl (C=O) groups excluding carboxylic acids is 1. The first-order valence-electron chi connectivity index (χ1n) is 6.70. The summed E-state index contributed by atoms with van der Waals surface area (Å²) < 4.78 is 27.2. The maximum Gasteiger partial charge on any atom is 0.241 e. The lowest BCUT2D eigenvalue weighted by Gasteiger charge is -2.21. The maximum absolute atomic E-state index is 12.3. The van der Waals surface area contributed by atoms with Crippen molar-refractivity contribution in [3.8, 4) is 6.07 Å². The predicted octanol–water partition coefficient (Wildman–Crippen LogP) is 1.76. The van der Waals surface area contributed by atoms with Crippen molar-refractivity contribution in [2.24, 2.45) is 0 Å². The first-order chi connectivity index (χ1) is 9.87. The van der Waals surface area contributed by atoms with E-state index < -0.39 is 15.6 Å². The van der Waals surface area contributed by atoms with E-state index in [1.807, 2.05) is 0 Å². The van der Waals surface area contributed by atoms with Crippen molar-refractivity contribution >= 4 is 21.6 Å². The third-order valence-electron chi connectivity index (χ3n) is 3.49. The second-order valence-corrected chi connectivity index (χ2v) is 6.89. The fraction of sp³-hybridized carbons (Fsp3) is 0.429. The molecule has 0 saturated heterocycles. The normalized spacial score (nSPS) is 17.1. The minimum Gasteiger partial charge on any atom is -0.326 e. The van der Waals surface area contributed by atoms with Crippen molar-refractivity contribution in [2.45, 2.75) is 43.0 Å². The van der Waals surface area contributed by atoms with E-state index in [2.05, 4.69) is 16.1 Å². The summed E-state index contributed by atoms with van der Waals surface area (Å²) in [5.74, 6) is -0.224. The average Bonchev–Trinajstić information content (AvgIpc) is 2.87. The summed E-state index contributed by atoms with van der Waals surface area (Å²) in [5, 5.41) is 11.8. The Bertz CT molecular complexity index is 668. The summed E-state index contributed by atoms with van der Waals surface area (Å²) in [4.78, 5) is 11.0. The Kier molecular flexibility index (Phi) is 4.30. The van der Waals surface area contributed by atoms with Gasteiger partial charge in [0.1, 0.15) is 5.54 Å². The number of sulfonamides is 1. The molecule has 1 saturated carbocycles. The molecular weight excluding hydrogens is 290 g/mol. The predicted molar refractivity (Wildman–Crippen MR) is 77.9 cm³/mol. The molecule has 0 aliphatic heterocycles. The molecule has 2 N–H and O–H groups in total. The van der Waals surface area contributed by atoms with E-state index in [0.29, 0.717) is 18.5 Å². The Morgan fingerprint density at radius 3 is 2.29 bits per heavy atom. The van der Waals surface area contributed by atoms with Gasteiger partial charge in [-0.05, 0) is 37.1 Å². The smallest absolute Gasteiger partial charge is 0.241 e. The molecule has 0 radical (unpaired) electrons. The number of rotatable bonds is 4. The molecule has 1 fully saturated rings. The van der Waals surface area contributed by atoms with Gasteiger partial charge in [-0.15, -0.1) is 0 Å². The van der Waals surface area contributed by atoms with Gasteiger partial charge in [-0.2, -0.15) is 9.98 Å². The number of nitrogens with zero attached hydrogens (tertiary/aromatic N) is 1. The highest BCUT2D eigenvalue weighted by Crippen LogP contribution is 2.30. The molecule has 0 heterocycles. The Morgan fingerprint density at radius 2 is 1.81 bits per heavy atom. The molecule has 0 spiro atoms. The van der Waals surface area contributed by atoms with E-state index in [-0.39, 0.29) is 10.8 Å². The van der Waals surface area contributed by atoms with Gasteiger partial charge in [-0.3, -0.25) is 4.79 Å². The second kappa shape index (κ2) is 5.84. The molecule has 112 valence electrons. The zero-order valence-corrected chi connectivity index (χ0v) is 12.5. The van der Waals surface area contributed by atoms with Gasteiger partial charge in [-0.25, -0.2) is 8.42 Å². The molecule has 1 aliphatic rings. The van der Waals surface area contributed by atoms with E-state index in [9.17, 15) is 18.5 Å². The fourth-order valence-corrected chi connectivity index (χ4v) is 3.83. The third-order valence-corrected chi connectivity index (χ3v) is 5.04. The lowest BCUT2D eigenvalue weighted by Crippen LogP contribution is -2.44. The molecule has 7 heteroatoms. The molecule has 0 aromatic heterocycles. The van der Waals surface area contributed by atoms with Crippen LogP contribution in [0, 0.1) is 11.3 Å². The quantitative estimate of drug-likeness (QED) is 0.885. The minimum absolute atomic E-state index is 0.0816. The molecule has 1 aromatic carbocycles. The first kappa shape index (κ1) is 15.5. The number of carbonyl (C=O) groups is 1. The van der Waals surface area contributed by atoms with Crippen LogP contribution < -0.4 is 10.0 Å². The minimum atomic E-state index is -3.74. The highest BCUT2D eigenvalue weighted by atomic mass is 32.2. The van der Waals surface area contributed by atoms with Gasteiger partial charge in [-0.1, -0.05) is 12.8 Å². The van der Waals surface area contributed by atoms with Crippen LogP contribution in [-0.4, -0.2) is 19.9 Å². The summed E-state index contributed by atoms with van der Waals surface area (Å²) in [7, 11) is -3.74. The van der Waals surface area contributed by atoms with Crippen molar-refractivity contribution in [3.63, 3.8) is 0 Å². The highest BCUT2D eigenvalue weighted by molar-refractivity contribution is 7.89. The van der Waals surface area contributed by atoms with Gasteiger partial charge < -0.3 is 5.32 Å². The Labute approximate surface area is 124 Å². The van der Waals surface area contributed by atoms with E-state index in [0.717, 1.165) is 12.8 Å². The molecule has 1 aliphatic carbocycles. The second-order valence-electron chi connectivity index (χ2n) is 5.21. The standard InChI is InChI=1S/C14H17N3O3S/c1-11(18)16-12-4-6-13(7-5-12)21(19,20)17-14(10-15)8-2-3-9-14/h4-7,17H,2-3,8-9H2,1H3,(H,16,18). The topological polar surface area (TPSA) is 99.1 Å². The van der Waals surface area contributed by atoms with Gasteiger partial charge in [0.25, 0.3) is 0 Å². The monoisotopic (exact) mass is 307 g/mol. The summed E-state index contributed by atoms with van der Waals surface area (Å²) >= 11 is 0. The number of benzene rings is 1. The largest absolute Gasteiger partial charge is 0.326 e. The van der Waals surface area contributed by atoms with Gasteiger partial charge in [0.15, 0.2) is 0 Å². The van der Waals surface area contributed by atoms with Crippen molar-refractivity contribution in [1.82, 2.24) is 4.72 Å². The lowest BCUT2D eigenvalue weighted by molar-refractivity contribution is -0.114. The van der Waals surface area contributed by atoms with Gasteiger partial charge in [0.2, 0.25) is 15.9 Å². The zero-order valence-electron chi connectivity index (χ0n) is 11.7. The molecular formula is C14H17N3O3S. The number of hydrogen-bond donors (Lipinski definition) is 2. The van der Waals surface area contributed by atoms with Crippen molar-refractivity contribution in [1.29, 1.82) is 5.26 Å². The van der Waals surface area contributed by atoms with Gasteiger partial charge >= 0.3 is 0 Å². The van der Waals surface area contributed by atoms with Crippen LogP contribution in [0.4, 0.5) is 5.69 Å². The van der Waals surface area contributed by atoms with Crippen molar-refractivity contribution < 1.29 is 13.2 Å². The molecule has 0 atom stereocenters. The number of amides is 1. The summed E-state index contributed by atoms with van der Waals surface area (Å²) in [6, 6.07) is 7.95. The van der Waals surface area contributed by atoms with Crippen LogP contribution in [0.2, 0.25) is 0 Å². The van der Waals surface area contributed by atoms with Crippen LogP contribution >= 0.6 is 0 Å². The molecule has 0 unspecified atom stereocenters. The Balaban J connectivity index is 2.20. The van der Waals surface area contributed by atoms with Crippen molar-refractivity contribution in [3.05, 3.63) is 24.3 Å². The summed E-state index contributed by atoms with van der Waals surface area (Å²) in [6.07, 6.45) is 2.76. The van der Waals surface area contributed by atoms with E-state index >= 15 is 0 Å². The van der Waals surface area contributed by atoms with E-state index in [1.165, 1.54) is 31.2 Å². The third kappa shape index (κ3) is 3.60. The summed E-state index contributed by atoms with van der Waals surface area (Å²) in [6.45, 7) is 1.38. The molecule has 6 nitrogen and oxygen atoms in total. The number of anilines is 1. The highest BCUT2D eigenvalue weighted by Gasteiger charge is 2.38. The Morgan fingerprint density at radius 1 is 1.24 bits per heavy atom. The zero-order chi connectivity index (χ0) is 15.5. The van der Waals surface area contributed by atoms with Crippen LogP contribution in [0.1, 0.15) is 32.6 Å². The molecule has 21 heavy (non-hydrogen) atoms. The van der Waals surface area contributed by atoms with Crippen LogP contribution in [-0.2, 0) is 14.8 Å². The van der Waals surface area contributed by atoms with Gasteiger partial charge in [0.05, 0.1) is 11.0 Å². The van der Waals surface area contributed by atoms with E-state index in [1.54, 1.807) is 0 Å². The molecule has 0 bridgehead atoms. The molecule has 1 aromatic rings. The lowest BCUT2D eigenvalue weighted by atomic mass is 10.0. The SMILES string of the molecule is CC(=O)Nc1ccc(S(=O)(=O)NC2(C#N)CCCC2)cc1. The van der Waals surface area contributed by atoms with Gasteiger partial charge in [0, 0.05) is 12.6 Å². The average molecular weight is 307 g/mol. The number of nitrogens with one attached hydrogen (secondary N) is 2. The summed E-state index contributed by atoms with van der Waals surface area (Å²) in [5.41, 5.74) is -0.466. The van der Waals surface area contributed by atoms with Crippen LogP contribution in [0.3, 0.4) is 0 Å². The van der Waals surface area contributed by atoms with E-state index in [4.69, 9.17) is 0 Å². The molecule has 2 rings (SSSR count). The Hall–Kier alpha value is -1.91. The first-order valence-corrected chi connectivity index (χ1v) is 8.18. The molecule has 1 amide bonds. The number of nitriles is 1.